The fourth-order valence-corrected chi connectivity index (χ4v) is 3.30. The molecule has 162 valence electrons. The van der Waals surface area contributed by atoms with Crippen LogP contribution in [-0.2, 0) is 11.3 Å². The summed E-state index contributed by atoms with van der Waals surface area (Å²) in [6.45, 7) is 4.95. The molecule has 1 N–H and O–H groups in total. The number of amides is 1. The Morgan fingerprint density at radius 1 is 1.13 bits per heavy atom. The quantitative estimate of drug-likeness (QED) is 0.627. The van der Waals surface area contributed by atoms with Crippen molar-refractivity contribution in [2.75, 3.05) is 32.8 Å². The molecule has 2 aromatic rings. The van der Waals surface area contributed by atoms with Crippen molar-refractivity contribution in [2.24, 2.45) is 0 Å². The standard InChI is InChI=1S/C23H29FN2O4/c1-2-19-16-25-11-12-26(19)23(27)30-17-18-15-21(9-10-22(18)24)29-14-6-13-28-20-7-4-3-5-8-20/h3-5,7-10,15,19,25H,2,6,11-14,16-17H2,1H3/t19-/m1/s1. The molecule has 0 bridgehead atoms. The summed E-state index contributed by atoms with van der Waals surface area (Å²) in [6.07, 6.45) is 1.12. The zero-order chi connectivity index (χ0) is 21.2. The average molecular weight is 416 g/mol. The Hall–Kier alpha value is -2.80. The van der Waals surface area contributed by atoms with Crippen LogP contribution < -0.4 is 14.8 Å². The molecule has 0 spiro atoms. The van der Waals surface area contributed by atoms with Gasteiger partial charge >= 0.3 is 6.09 Å². The van der Waals surface area contributed by atoms with Crippen molar-refractivity contribution in [2.45, 2.75) is 32.4 Å². The molecular weight excluding hydrogens is 387 g/mol. The number of hydrogen-bond donors (Lipinski definition) is 1. The van der Waals surface area contributed by atoms with Gasteiger partial charge in [-0.25, -0.2) is 9.18 Å². The first-order chi connectivity index (χ1) is 14.7. The summed E-state index contributed by atoms with van der Waals surface area (Å²) < 4.78 is 30.8. The molecule has 2 aromatic carbocycles. The summed E-state index contributed by atoms with van der Waals surface area (Å²) in [5.41, 5.74) is 0.296. The highest BCUT2D eigenvalue weighted by atomic mass is 19.1. The van der Waals surface area contributed by atoms with Crippen LogP contribution in [0.15, 0.2) is 48.5 Å². The highest BCUT2D eigenvalue weighted by molar-refractivity contribution is 5.68. The van der Waals surface area contributed by atoms with E-state index in [9.17, 15) is 9.18 Å². The van der Waals surface area contributed by atoms with E-state index in [0.29, 0.717) is 37.5 Å². The minimum atomic E-state index is -0.421. The Morgan fingerprint density at radius 2 is 1.90 bits per heavy atom. The molecule has 30 heavy (non-hydrogen) atoms. The number of piperazine rings is 1. The average Bonchev–Trinajstić information content (AvgIpc) is 2.79. The van der Waals surface area contributed by atoms with E-state index in [2.05, 4.69) is 5.32 Å². The van der Waals surface area contributed by atoms with E-state index in [1.54, 1.807) is 17.0 Å². The van der Waals surface area contributed by atoms with Gasteiger partial charge in [0.15, 0.2) is 0 Å². The van der Waals surface area contributed by atoms with Gasteiger partial charge in [-0.1, -0.05) is 25.1 Å². The Morgan fingerprint density at radius 3 is 2.67 bits per heavy atom. The molecule has 0 aromatic heterocycles. The molecule has 7 heteroatoms. The maximum atomic E-state index is 14.1. The van der Waals surface area contributed by atoms with Gasteiger partial charge in [0.25, 0.3) is 0 Å². The Balaban J connectivity index is 1.44. The minimum Gasteiger partial charge on any atom is -0.493 e. The van der Waals surface area contributed by atoms with Crippen molar-refractivity contribution in [3.8, 4) is 11.5 Å². The number of para-hydroxylation sites is 1. The lowest BCUT2D eigenvalue weighted by Crippen LogP contribution is -2.53. The van der Waals surface area contributed by atoms with E-state index in [1.807, 2.05) is 37.3 Å². The van der Waals surface area contributed by atoms with Crippen LogP contribution in [0.3, 0.4) is 0 Å². The van der Waals surface area contributed by atoms with Crippen LogP contribution in [0.4, 0.5) is 9.18 Å². The van der Waals surface area contributed by atoms with Crippen molar-refractivity contribution in [1.29, 1.82) is 0 Å². The normalized spacial score (nSPS) is 16.2. The predicted octanol–water partition coefficient (Wildman–Crippen LogP) is 3.99. The molecule has 1 atom stereocenters. The topological polar surface area (TPSA) is 60.0 Å². The van der Waals surface area contributed by atoms with E-state index < -0.39 is 11.9 Å². The molecule has 0 aliphatic carbocycles. The number of rotatable bonds is 9. The number of carbonyl (C=O) groups excluding carboxylic acids is 1. The fraction of sp³-hybridized carbons (Fsp3) is 0.435. The Bertz CT molecular complexity index is 803. The Kier molecular flexibility index (Phi) is 8.32. The number of benzene rings is 2. The zero-order valence-corrected chi connectivity index (χ0v) is 17.3. The second-order valence-electron chi connectivity index (χ2n) is 7.13. The fourth-order valence-electron chi connectivity index (χ4n) is 3.30. The molecule has 6 nitrogen and oxygen atoms in total. The van der Waals surface area contributed by atoms with Gasteiger partial charge in [-0.3, -0.25) is 0 Å². The van der Waals surface area contributed by atoms with Crippen molar-refractivity contribution in [1.82, 2.24) is 10.2 Å². The van der Waals surface area contributed by atoms with Gasteiger partial charge in [0.1, 0.15) is 23.9 Å². The van der Waals surface area contributed by atoms with E-state index >= 15 is 0 Å². The number of nitrogens with one attached hydrogen (secondary N) is 1. The van der Waals surface area contributed by atoms with Crippen LogP contribution in [0.2, 0.25) is 0 Å². The van der Waals surface area contributed by atoms with Crippen LogP contribution in [0, 0.1) is 5.82 Å². The molecule has 1 amide bonds. The van der Waals surface area contributed by atoms with Crippen molar-refractivity contribution >= 4 is 6.09 Å². The third-order valence-corrected chi connectivity index (χ3v) is 4.99. The van der Waals surface area contributed by atoms with Crippen molar-refractivity contribution < 1.29 is 23.4 Å². The van der Waals surface area contributed by atoms with Gasteiger partial charge in [0.05, 0.1) is 13.2 Å². The lowest BCUT2D eigenvalue weighted by Gasteiger charge is -2.34. The van der Waals surface area contributed by atoms with Crippen molar-refractivity contribution in [3.63, 3.8) is 0 Å². The maximum Gasteiger partial charge on any atom is 0.410 e. The first-order valence-electron chi connectivity index (χ1n) is 10.4. The van der Waals surface area contributed by atoms with Gasteiger partial charge in [0.2, 0.25) is 0 Å². The van der Waals surface area contributed by atoms with Crippen LogP contribution in [-0.4, -0.2) is 49.9 Å². The number of nitrogens with zero attached hydrogens (tertiary/aromatic N) is 1. The summed E-state index contributed by atoms with van der Waals surface area (Å²) >= 11 is 0. The molecule has 1 heterocycles. The van der Waals surface area contributed by atoms with Gasteiger partial charge in [-0.15, -0.1) is 0 Å². The molecule has 0 saturated carbocycles. The summed E-state index contributed by atoms with van der Waals surface area (Å²) in [6, 6.07) is 14.2. The third kappa shape index (κ3) is 6.35. The minimum absolute atomic E-state index is 0.101. The summed E-state index contributed by atoms with van der Waals surface area (Å²) in [4.78, 5) is 14.1. The van der Waals surface area contributed by atoms with Crippen LogP contribution in [0.1, 0.15) is 25.3 Å². The van der Waals surface area contributed by atoms with E-state index in [0.717, 1.165) is 25.3 Å². The second-order valence-corrected chi connectivity index (χ2v) is 7.13. The third-order valence-electron chi connectivity index (χ3n) is 4.99. The number of ether oxygens (including phenoxy) is 3. The molecule has 0 unspecified atom stereocenters. The van der Waals surface area contributed by atoms with E-state index in [-0.39, 0.29) is 12.6 Å². The maximum absolute atomic E-state index is 14.1. The lowest BCUT2D eigenvalue weighted by molar-refractivity contribution is 0.0706. The molecule has 1 saturated heterocycles. The molecular formula is C23H29FN2O4. The number of hydrogen-bond acceptors (Lipinski definition) is 5. The SMILES string of the molecule is CC[C@@H]1CNCCN1C(=O)OCc1cc(OCCCOc2ccccc2)ccc1F. The molecule has 1 aliphatic rings. The monoisotopic (exact) mass is 416 g/mol. The lowest BCUT2D eigenvalue weighted by atomic mass is 10.1. The predicted molar refractivity (Wildman–Crippen MR) is 112 cm³/mol. The highest BCUT2D eigenvalue weighted by Crippen LogP contribution is 2.19. The zero-order valence-electron chi connectivity index (χ0n) is 17.3. The van der Waals surface area contributed by atoms with E-state index in [4.69, 9.17) is 14.2 Å². The summed E-state index contributed by atoms with van der Waals surface area (Å²) in [5.74, 6) is 0.934. The van der Waals surface area contributed by atoms with Crippen LogP contribution >= 0.6 is 0 Å². The first kappa shape index (κ1) is 21.9. The van der Waals surface area contributed by atoms with E-state index in [1.165, 1.54) is 6.07 Å². The van der Waals surface area contributed by atoms with Gasteiger partial charge in [0, 0.05) is 37.7 Å². The smallest absolute Gasteiger partial charge is 0.410 e. The first-order valence-corrected chi connectivity index (χ1v) is 10.4. The largest absolute Gasteiger partial charge is 0.493 e. The molecule has 3 rings (SSSR count). The van der Waals surface area contributed by atoms with Gasteiger partial charge in [-0.05, 0) is 36.8 Å². The second kappa shape index (κ2) is 11.4. The summed E-state index contributed by atoms with van der Waals surface area (Å²) in [7, 11) is 0. The Labute approximate surface area is 176 Å². The molecule has 1 aliphatic heterocycles. The van der Waals surface area contributed by atoms with Crippen LogP contribution in [0.25, 0.3) is 0 Å². The summed E-state index contributed by atoms with van der Waals surface area (Å²) in [5, 5.41) is 3.26. The molecule has 0 radical (unpaired) electrons. The molecule has 1 fully saturated rings. The van der Waals surface area contributed by atoms with Crippen molar-refractivity contribution in [3.05, 3.63) is 59.9 Å². The highest BCUT2D eigenvalue weighted by Gasteiger charge is 2.26. The van der Waals surface area contributed by atoms with Gasteiger partial charge in [-0.2, -0.15) is 0 Å². The number of halogens is 1. The number of carbonyl (C=O) groups is 1. The van der Waals surface area contributed by atoms with Crippen LogP contribution in [0.5, 0.6) is 11.5 Å². The van der Waals surface area contributed by atoms with Gasteiger partial charge < -0.3 is 24.4 Å².